The third kappa shape index (κ3) is 4.84. The van der Waals surface area contributed by atoms with Crippen molar-refractivity contribution in [1.82, 2.24) is 4.72 Å². The van der Waals surface area contributed by atoms with Crippen LogP contribution in [0.4, 0.5) is 0 Å². The number of nitrogens with one attached hydrogen (secondary N) is 1. The summed E-state index contributed by atoms with van der Waals surface area (Å²) in [6.07, 6.45) is 0. The van der Waals surface area contributed by atoms with Gasteiger partial charge >= 0.3 is 0 Å². The first-order valence-corrected chi connectivity index (χ1v) is 9.93. The lowest BCUT2D eigenvalue weighted by Gasteiger charge is -2.11. The second-order valence-electron chi connectivity index (χ2n) is 5.31. The zero-order valence-electron chi connectivity index (χ0n) is 13.8. The minimum absolute atomic E-state index is 0.193. The number of hydrogen-bond donors (Lipinski definition) is 1. The average Bonchev–Trinajstić information content (AvgIpc) is 2.53. The molecule has 0 amide bonds. The van der Waals surface area contributed by atoms with E-state index in [0.717, 1.165) is 20.4 Å². The van der Waals surface area contributed by atoms with Gasteiger partial charge in [0.1, 0.15) is 18.1 Å². The van der Waals surface area contributed by atoms with Crippen molar-refractivity contribution in [3.05, 3.63) is 51.1 Å². The smallest absolute Gasteiger partial charge is 0.240 e. The molecule has 24 heavy (non-hydrogen) atoms. The molecule has 7 heteroatoms. The van der Waals surface area contributed by atoms with Crippen LogP contribution in [0.1, 0.15) is 11.1 Å². The molecule has 2 aromatic carbocycles. The van der Waals surface area contributed by atoms with E-state index in [1.807, 2.05) is 54.6 Å². The van der Waals surface area contributed by atoms with Crippen LogP contribution in [0.5, 0.6) is 11.5 Å². The van der Waals surface area contributed by atoms with Crippen LogP contribution in [-0.2, 0) is 10.0 Å². The maximum absolute atomic E-state index is 12.3. The van der Waals surface area contributed by atoms with Gasteiger partial charge in [0.05, 0.1) is 15.6 Å². The van der Waals surface area contributed by atoms with Crippen LogP contribution in [-0.4, -0.2) is 28.7 Å². The van der Waals surface area contributed by atoms with E-state index in [1.54, 1.807) is 19.2 Å². The Morgan fingerprint density at radius 2 is 1.79 bits per heavy atom. The Labute approximate surface area is 156 Å². The lowest BCUT2D eigenvalue weighted by atomic mass is 10.1. The molecule has 0 spiro atoms. The minimum atomic E-state index is -3.57. The Morgan fingerprint density at radius 3 is 2.42 bits per heavy atom. The Bertz CT molecular complexity index is 821. The molecule has 0 aromatic heterocycles. The number of aryl methyl sites for hydroxylation is 2. The minimum Gasteiger partial charge on any atom is -0.496 e. The summed E-state index contributed by atoms with van der Waals surface area (Å²) in [5.41, 5.74) is 2.19. The average molecular weight is 461 g/mol. The molecule has 0 unspecified atom stereocenters. The highest BCUT2D eigenvalue weighted by Gasteiger charge is 2.15. The van der Waals surface area contributed by atoms with Crippen molar-refractivity contribution in [2.45, 2.75) is 18.7 Å². The maximum atomic E-state index is 12.3. The number of benzene rings is 2. The molecule has 0 aliphatic rings. The van der Waals surface area contributed by atoms with Crippen molar-refractivity contribution in [2.24, 2.45) is 0 Å². The van der Waals surface area contributed by atoms with Gasteiger partial charge < -0.3 is 9.47 Å². The van der Waals surface area contributed by atoms with Gasteiger partial charge in [-0.3, -0.25) is 0 Å². The van der Waals surface area contributed by atoms with Gasteiger partial charge in [0.25, 0.3) is 0 Å². The van der Waals surface area contributed by atoms with E-state index >= 15 is 0 Å². The van der Waals surface area contributed by atoms with Crippen molar-refractivity contribution >= 4 is 32.6 Å². The zero-order chi connectivity index (χ0) is 17.7. The Morgan fingerprint density at radius 1 is 1.08 bits per heavy atom. The molecular formula is C17H20INO4S. The van der Waals surface area contributed by atoms with Crippen LogP contribution < -0.4 is 14.2 Å². The van der Waals surface area contributed by atoms with Gasteiger partial charge in [-0.2, -0.15) is 0 Å². The van der Waals surface area contributed by atoms with Gasteiger partial charge in [-0.05, 0) is 66.3 Å². The molecule has 130 valence electrons. The summed E-state index contributed by atoms with van der Waals surface area (Å²) in [6.45, 7) is 4.43. The second kappa shape index (κ2) is 8.17. The molecule has 2 aromatic rings. The highest BCUT2D eigenvalue weighted by Crippen LogP contribution is 2.23. The largest absolute Gasteiger partial charge is 0.496 e. The zero-order valence-corrected chi connectivity index (χ0v) is 16.8. The van der Waals surface area contributed by atoms with Gasteiger partial charge in [0.15, 0.2) is 0 Å². The summed E-state index contributed by atoms with van der Waals surface area (Å²) in [6, 6.07) is 10.6. The molecule has 1 N–H and O–H groups in total. The fourth-order valence-corrected chi connectivity index (χ4v) is 4.18. The van der Waals surface area contributed by atoms with Crippen LogP contribution in [0.15, 0.2) is 41.3 Å². The number of ether oxygens (including phenoxy) is 2. The van der Waals surface area contributed by atoms with Crippen molar-refractivity contribution in [2.75, 3.05) is 20.3 Å². The Hall–Kier alpha value is -1.32. The highest BCUT2D eigenvalue weighted by atomic mass is 127. The second-order valence-corrected chi connectivity index (χ2v) is 8.24. The lowest BCUT2D eigenvalue weighted by Crippen LogP contribution is -2.28. The van der Waals surface area contributed by atoms with Gasteiger partial charge in [-0.1, -0.05) is 17.7 Å². The van der Waals surface area contributed by atoms with Crippen molar-refractivity contribution in [3.8, 4) is 11.5 Å². The molecule has 0 aliphatic carbocycles. The summed E-state index contributed by atoms with van der Waals surface area (Å²) < 4.78 is 38.6. The summed E-state index contributed by atoms with van der Waals surface area (Å²) >= 11 is 2.04. The highest BCUT2D eigenvalue weighted by molar-refractivity contribution is 14.1. The molecule has 0 atom stereocenters. The quantitative estimate of drug-likeness (QED) is 0.508. The van der Waals surface area contributed by atoms with Gasteiger partial charge in [-0.15, -0.1) is 0 Å². The van der Waals surface area contributed by atoms with Crippen LogP contribution in [0.3, 0.4) is 0 Å². The van der Waals surface area contributed by atoms with E-state index in [4.69, 9.17) is 9.47 Å². The van der Waals surface area contributed by atoms with Gasteiger partial charge in [-0.25, -0.2) is 13.1 Å². The van der Waals surface area contributed by atoms with E-state index in [2.05, 4.69) is 4.72 Å². The van der Waals surface area contributed by atoms with Gasteiger partial charge in [0, 0.05) is 6.54 Å². The topological polar surface area (TPSA) is 64.6 Å². The molecule has 2 rings (SSSR count). The van der Waals surface area contributed by atoms with E-state index in [-0.39, 0.29) is 18.0 Å². The predicted molar refractivity (Wildman–Crippen MR) is 102 cm³/mol. The SMILES string of the molecule is COc1ccc(S(=O)(=O)NCCOc2ccc(C)cc2C)cc1I. The molecule has 0 radical (unpaired) electrons. The number of sulfonamides is 1. The molecule has 0 saturated carbocycles. The molecular weight excluding hydrogens is 441 g/mol. The molecule has 0 saturated heterocycles. The number of hydrogen-bond acceptors (Lipinski definition) is 4. The number of halogens is 1. The monoisotopic (exact) mass is 461 g/mol. The maximum Gasteiger partial charge on any atom is 0.240 e. The third-order valence-corrected chi connectivity index (χ3v) is 5.72. The summed E-state index contributed by atoms with van der Waals surface area (Å²) in [4.78, 5) is 0.208. The summed E-state index contributed by atoms with van der Waals surface area (Å²) in [7, 11) is -2.02. The summed E-state index contributed by atoms with van der Waals surface area (Å²) in [5, 5.41) is 0. The molecule has 0 heterocycles. The van der Waals surface area contributed by atoms with Crippen molar-refractivity contribution in [3.63, 3.8) is 0 Å². The molecule has 0 fully saturated rings. The van der Waals surface area contributed by atoms with Crippen LogP contribution in [0.2, 0.25) is 0 Å². The van der Waals surface area contributed by atoms with Crippen LogP contribution >= 0.6 is 22.6 Å². The first-order chi connectivity index (χ1) is 11.3. The first kappa shape index (κ1) is 19.0. The predicted octanol–water partition coefficient (Wildman–Crippen LogP) is 3.27. The fraction of sp³-hybridized carbons (Fsp3) is 0.294. The molecule has 0 aliphatic heterocycles. The first-order valence-electron chi connectivity index (χ1n) is 7.37. The van der Waals surface area contributed by atoms with Crippen molar-refractivity contribution < 1.29 is 17.9 Å². The van der Waals surface area contributed by atoms with E-state index in [1.165, 1.54) is 6.07 Å². The number of methoxy groups -OCH3 is 1. The third-order valence-electron chi connectivity index (χ3n) is 3.42. The molecule has 0 bridgehead atoms. The standard InChI is InChI=1S/C17H20INO4S/c1-12-4-6-16(13(2)10-12)23-9-8-19-24(20,21)14-5-7-17(22-3)15(18)11-14/h4-7,10-11,19H,8-9H2,1-3H3. The molecule has 5 nitrogen and oxygen atoms in total. The van der Waals surface area contributed by atoms with Crippen LogP contribution in [0, 0.1) is 17.4 Å². The number of rotatable bonds is 7. The Kier molecular flexibility index (Phi) is 6.47. The van der Waals surface area contributed by atoms with Crippen molar-refractivity contribution in [1.29, 1.82) is 0 Å². The fourth-order valence-electron chi connectivity index (χ4n) is 2.20. The lowest BCUT2D eigenvalue weighted by molar-refractivity contribution is 0.320. The van der Waals surface area contributed by atoms with E-state index < -0.39 is 10.0 Å². The summed E-state index contributed by atoms with van der Waals surface area (Å²) in [5.74, 6) is 1.41. The van der Waals surface area contributed by atoms with Gasteiger partial charge in [0.2, 0.25) is 10.0 Å². The van der Waals surface area contributed by atoms with E-state index in [9.17, 15) is 8.42 Å². The van der Waals surface area contributed by atoms with E-state index in [0.29, 0.717) is 5.75 Å². The Balaban J connectivity index is 1.94. The normalized spacial score (nSPS) is 11.3. The van der Waals surface area contributed by atoms with Crippen LogP contribution in [0.25, 0.3) is 0 Å².